The van der Waals surface area contributed by atoms with Crippen molar-refractivity contribution in [2.24, 2.45) is 17.1 Å². The van der Waals surface area contributed by atoms with Crippen LogP contribution in [0.3, 0.4) is 0 Å². The van der Waals surface area contributed by atoms with Crippen LogP contribution in [0.4, 0.5) is 0 Å². The zero-order valence-corrected chi connectivity index (χ0v) is 14.2. The Kier molecular flexibility index (Phi) is 3.68. The zero-order chi connectivity index (χ0) is 15.3. The molecule has 2 aliphatic rings. The van der Waals surface area contributed by atoms with E-state index in [1.807, 2.05) is 0 Å². The summed E-state index contributed by atoms with van der Waals surface area (Å²) in [7, 11) is 0. The number of benzene rings is 1. The number of rotatable bonds is 2. The van der Waals surface area contributed by atoms with Crippen LogP contribution in [0.5, 0.6) is 0 Å². The Balaban J connectivity index is 2.05. The van der Waals surface area contributed by atoms with E-state index in [9.17, 15) is 0 Å². The van der Waals surface area contributed by atoms with E-state index < -0.39 is 0 Å². The summed E-state index contributed by atoms with van der Waals surface area (Å²) in [5.41, 5.74) is 11.6. The van der Waals surface area contributed by atoms with Crippen molar-refractivity contribution in [3.05, 3.63) is 34.9 Å². The van der Waals surface area contributed by atoms with Gasteiger partial charge < -0.3 is 5.73 Å². The van der Waals surface area contributed by atoms with Gasteiger partial charge in [-0.2, -0.15) is 0 Å². The Hall–Kier alpha value is -0.820. The summed E-state index contributed by atoms with van der Waals surface area (Å²) in [6.45, 7) is 10.4. The Labute approximate surface area is 130 Å². The minimum atomic E-state index is 0.335. The molecule has 0 heterocycles. The first-order chi connectivity index (χ1) is 9.90. The van der Waals surface area contributed by atoms with Crippen LogP contribution in [0.1, 0.15) is 76.0 Å². The second-order valence-electron chi connectivity index (χ2n) is 8.29. The number of fused-ring (bicyclic) bond motifs is 3. The van der Waals surface area contributed by atoms with Crippen molar-refractivity contribution < 1.29 is 0 Å². The van der Waals surface area contributed by atoms with Crippen molar-refractivity contribution >= 4 is 0 Å². The summed E-state index contributed by atoms with van der Waals surface area (Å²) in [4.78, 5) is 0. The van der Waals surface area contributed by atoms with Crippen molar-refractivity contribution in [1.82, 2.24) is 0 Å². The fourth-order valence-corrected chi connectivity index (χ4v) is 5.25. The minimum Gasteiger partial charge on any atom is -0.330 e. The lowest BCUT2D eigenvalue weighted by molar-refractivity contribution is 0.0326. The van der Waals surface area contributed by atoms with E-state index in [0.29, 0.717) is 16.7 Å². The standard InChI is InChI=1S/C20H31N/c1-14(2)15-6-8-17-16(12-15)7-9-18-19(3,13-21)10-5-11-20(17,18)4/h6,8,12,14,18H,5,7,9-11,13,21H2,1-4H3/t18-,19?,20?/m0/s1. The minimum absolute atomic E-state index is 0.335. The number of hydrogen-bond donors (Lipinski definition) is 1. The molecule has 0 radical (unpaired) electrons. The van der Waals surface area contributed by atoms with Gasteiger partial charge >= 0.3 is 0 Å². The lowest BCUT2D eigenvalue weighted by Gasteiger charge is -2.55. The maximum Gasteiger partial charge on any atom is -0.00202 e. The van der Waals surface area contributed by atoms with Gasteiger partial charge in [-0.25, -0.2) is 0 Å². The van der Waals surface area contributed by atoms with Crippen molar-refractivity contribution in [2.45, 2.75) is 71.1 Å². The third-order valence-electron chi connectivity index (χ3n) is 6.63. The first kappa shape index (κ1) is 15.1. The van der Waals surface area contributed by atoms with Crippen LogP contribution in [0, 0.1) is 11.3 Å². The molecule has 3 atom stereocenters. The van der Waals surface area contributed by atoms with E-state index >= 15 is 0 Å². The highest BCUT2D eigenvalue weighted by molar-refractivity contribution is 5.42. The van der Waals surface area contributed by atoms with E-state index in [1.165, 1.54) is 37.7 Å². The Morgan fingerprint density at radius 3 is 2.67 bits per heavy atom. The number of hydrogen-bond acceptors (Lipinski definition) is 1. The molecule has 2 aliphatic carbocycles. The van der Waals surface area contributed by atoms with Crippen LogP contribution in [-0.4, -0.2) is 6.54 Å². The lowest BCUT2D eigenvalue weighted by atomic mass is 9.50. The van der Waals surface area contributed by atoms with Crippen LogP contribution in [0.15, 0.2) is 18.2 Å². The lowest BCUT2D eigenvalue weighted by Crippen LogP contribution is -2.51. The van der Waals surface area contributed by atoms with Crippen molar-refractivity contribution in [3.8, 4) is 0 Å². The molecular weight excluding hydrogens is 254 g/mol. The molecule has 0 amide bonds. The highest BCUT2D eigenvalue weighted by Crippen LogP contribution is 2.56. The molecule has 2 unspecified atom stereocenters. The van der Waals surface area contributed by atoms with Crippen molar-refractivity contribution in [1.29, 1.82) is 0 Å². The fraction of sp³-hybridized carbons (Fsp3) is 0.700. The van der Waals surface area contributed by atoms with E-state index in [1.54, 1.807) is 11.1 Å². The summed E-state index contributed by atoms with van der Waals surface area (Å²) >= 11 is 0. The van der Waals surface area contributed by atoms with Gasteiger partial charge in [-0.05, 0) is 71.6 Å². The number of nitrogens with two attached hydrogens (primary N) is 1. The Bertz CT molecular complexity index is 533. The summed E-state index contributed by atoms with van der Waals surface area (Å²) in [6.07, 6.45) is 6.53. The summed E-state index contributed by atoms with van der Waals surface area (Å²) in [5.74, 6) is 1.38. The highest BCUT2D eigenvalue weighted by Gasteiger charge is 2.50. The van der Waals surface area contributed by atoms with Crippen molar-refractivity contribution in [3.63, 3.8) is 0 Å². The van der Waals surface area contributed by atoms with Crippen LogP contribution in [0.2, 0.25) is 0 Å². The van der Waals surface area contributed by atoms with Gasteiger partial charge in [-0.1, -0.05) is 52.3 Å². The average Bonchev–Trinajstić information content (AvgIpc) is 2.46. The van der Waals surface area contributed by atoms with E-state index in [2.05, 4.69) is 45.9 Å². The quantitative estimate of drug-likeness (QED) is 0.831. The predicted octanol–water partition coefficient (Wildman–Crippen LogP) is 4.78. The molecule has 0 saturated heterocycles. The molecule has 116 valence electrons. The van der Waals surface area contributed by atoms with Crippen LogP contribution in [0.25, 0.3) is 0 Å². The van der Waals surface area contributed by atoms with E-state index in [0.717, 1.165) is 12.5 Å². The van der Waals surface area contributed by atoms with Gasteiger partial charge in [0, 0.05) is 0 Å². The third-order valence-corrected chi connectivity index (χ3v) is 6.63. The Morgan fingerprint density at radius 1 is 1.24 bits per heavy atom. The third kappa shape index (κ3) is 2.25. The van der Waals surface area contributed by atoms with E-state index in [4.69, 9.17) is 5.73 Å². The monoisotopic (exact) mass is 285 g/mol. The molecule has 1 fully saturated rings. The first-order valence-electron chi connectivity index (χ1n) is 8.74. The molecule has 0 aromatic heterocycles. The molecule has 1 saturated carbocycles. The summed E-state index contributed by atoms with van der Waals surface area (Å²) in [6, 6.07) is 7.29. The first-order valence-corrected chi connectivity index (χ1v) is 8.74. The largest absolute Gasteiger partial charge is 0.330 e. The van der Waals surface area contributed by atoms with Gasteiger partial charge in [0.25, 0.3) is 0 Å². The molecule has 1 heteroatoms. The van der Waals surface area contributed by atoms with Gasteiger partial charge in [0.05, 0.1) is 0 Å². The molecule has 1 nitrogen and oxygen atoms in total. The maximum absolute atomic E-state index is 6.19. The van der Waals surface area contributed by atoms with E-state index in [-0.39, 0.29) is 0 Å². The molecule has 0 aliphatic heterocycles. The second kappa shape index (κ2) is 5.12. The SMILES string of the molecule is CC(C)c1ccc2c(c1)CC[C@H]1C(C)(CN)CCCC21C. The molecule has 1 aromatic carbocycles. The van der Waals surface area contributed by atoms with Crippen molar-refractivity contribution in [2.75, 3.05) is 6.54 Å². The normalized spacial score (nSPS) is 35.4. The summed E-state index contributed by atoms with van der Waals surface area (Å²) < 4.78 is 0. The van der Waals surface area contributed by atoms with Gasteiger partial charge in [0.2, 0.25) is 0 Å². The highest BCUT2D eigenvalue weighted by atomic mass is 14.7. The molecule has 0 spiro atoms. The number of aryl methyl sites for hydroxylation is 1. The Morgan fingerprint density at radius 2 is 2.00 bits per heavy atom. The average molecular weight is 285 g/mol. The van der Waals surface area contributed by atoms with Gasteiger partial charge in [-0.3, -0.25) is 0 Å². The molecule has 21 heavy (non-hydrogen) atoms. The summed E-state index contributed by atoms with van der Waals surface area (Å²) in [5, 5.41) is 0. The van der Waals surface area contributed by atoms with Gasteiger partial charge in [0.1, 0.15) is 0 Å². The molecule has 0 bridgehead atoms. The molecule has 3 rings (SSSR count). The fourth-order valence-electron chi connectivity index (χ4n) is 5.25. The zero-order valence-electron chi connectivity index (χ0n) is 14.2. The predicted molar refractivity (Wildman–Crippen MR) is 90.7 cm³/mol. The topological polar surface area (TPSA) is 26.0 Å². The van der Waals surface area contributed by atoms with Gasteiger partial charge in [-0.15, -0.1) is 0 Å². The van der Waals surface area contributed by atoms with Crippen LogP contribution in [-0.2, 0) is 11.8 Å². The van der Waals surface area contributed by atoms with Gasteiger partial charge in [0.15, 0.2) is 0 Å². The molecule has 1 aromatic rings. The molecule has 2 N–H and O–H groups in total. The molecular formula is C20H31N. The second-order valence-corrected chi connectivity index (χ2v) is 8.29. The maximum atomic E-state index is 6.19. The van der Waals surface area contributed by atoms with Crippen LogP contribution < -0.4 is 5.73 Å². The van der Waals surface area contributed by atoms with Crippen LogP contribution >= 0.6 is 0 Å². The smallest absolute Gasteiger partial charge is 0.00202 e.